The van der Waals surface area contributed by atoms with E-state index in [1.54, 1.807) is 0 Å². The van der Waals surface area contributed by atoms with Crippen LogP contribution in [-0.2, 0) is 48.3 Å². The summed E-state index contributed by atoms with van der Waals surface area (Å²) in [4.78, 5) is 11.5. The van der Waals surface area contributed by atoms with E-state index >= 15 is 0 Å². The lowest BCUT2D eigenvalue weighted by atomic mass is 9.80. The van der Waals surface area contributed by atoms with Gasteiger partial charge < -0.3 is 37.9 Å². The number of ether oxygens (including phenoxy) is 8. The van der Waals surface area contributed by atoms with Crippen LogP contribution >= 0.6 is 0 Å². The van der Waals surface area contributed by atoms with E-state index in [-0.39, 0.29) is 12.6 Å². The first-order chi connectivity index (χ1) is 22.4. The SMILES string of the molecule is CC(C)(C)OC(=O)COCCOCCOCCOCCOCCOCCOC(c1ccccc1)(c1ccccc1)c1ccccc1. The normalized spacial score (nSPS) is 11.9. The Morgan fingerprint density at radius 1 is 0.457 bits per heavy atom. The fraction of sp³-hybridized carbons (Fsp3) is 0.486. The van der Waals surface area contributed by atoms with Crippen LogP contribution in [0.5, 0.6) is 0 Å². The van der Waals surface area contributed by atoms with Gasteiger partial charge in [-0.05, 0) is 37.5 Å². The van der Waals surface area contributed by atoms with Gasteiger partial charge in [0.15, 0.2) is 0 Å². The largest absolute Gasteiger partial charge is 0.458 e. The van der Waals surface area contributed by atoms with Crippen LogP contribution in [0.2, 0.25) is 0 Å². The molecule has 0 spiro atoms. The topological polar surface area (TPSA) is 90.9 Å². The minimum absolute atomic E-state index is 0.0830. The summed E-state index contributed by atoms with van der Waals surface area (Å²) in [6.07, 6.45) is 0. The lowest BCUT2D eigenvalue weighted by molar-refractivity contribution is -0.160. The van der Waals surface area contributed by atoms with Crippen LogP contribution in [0.25, 0.3) is 0 Å². The second-order valence-corrected chi connectivity index (χ2v) is 11.3. The van der Waals surface area contributed by atoms with E-state index in [9.17, 15) is 4.79 Å². The summed E-state index contributed by atoms with van der Waals surface area (Å²) in [6, 6.07) is 30.9. The van der Waals surface area contributed by atoms with Crippen LogP contribution < -0.4 is 0 Å². The highest BCUT2D eigenvalue weighted by Gasteiger charge is 2.37. The average molecular weight is 639 g/mol. The molecule has 9 nitrogen and oxygen atoms in total. The molecule has 0 aliphatic carbocycles. The second kappa shape index (κ2) is 21.6. The maximum absolute atomic E-state index is 11.5. The number of hydrogen-bond acceptors (Lipinski definition) is 9. The van der Waals surface area contributed by atoms with Gasteiger partial charge in [-0.2, -0.15) is 0 Å². The van der Waals surface area contributed by atoms with Crippen molar-refractivity contribution in [3.8, 4) is 0 Å². The summed E-state index contributed by atoms with van der Waals surface area (Å²) in [5, 5.41) is 0. The Kier molecular flexibility index (Phi) is 17.5. The monoisotopic (exact) mass is 638 g/mol. The first-order valence-corrected chi connectivity index (χ1v) is 15.9. The molecule has 0 unspecified atom stereocenters. The summed E-state index contributed by atoms with van der Waals surface area (Å²) in [6.45, 7) is 10.7. The Balaban J connectivity index is 1.20. The first kappa shape index (κ1) is 37.3. The molecule has 46 heavy (non-hydrogen) atoms. The molecule has 0 saturated carbocycles. The zero-order chi connectivity index (χ0) is 32.8. The molecule has 9 heteroatoms. The van der Waals surface area contributed by atoms with Gasteiger partial charge in [0.25, 0.3) is 0 Å². The van der Waals surface area contributed by atoms with Gasteiger partial charge in [-0.25, -0.2) is 4.79 Å². The van der Waals surface area contributed by atoms with Gasteiger partial charge in [-0.15, -0.1) is 0 Å². The van der Waals surface area contributed by atoms with Gasteiger partial charge in [-0.1, -0.05) is 91.0 Å². The molecular formula is C37H50O9. The van der Waals surface area contributed by atoms with Crippen LogP contribution in [0, 0.1) is 0 Å². The Labute approximate surface area is 274 Å². The third-order valence-corrected chi connectivity index (χ3v) is 6.59. The molecular weight excluding hydrogens is 588 g/mol. The predicted octanol–water partition coefficient (Wildman–Crippen LogP) is 5.44. The smallest absolute Gasteiger partial charge is 0.332 e. The molecule has 0 saturated heterocycles. The zero-order valence-electron chi connectivity index (χ0n) is 27.5. The Bertz CT molecular complexity index is 1090. The molecule has 0 amide bonds. The summed E-state index contributed by atoms with van der Waals surface area (Å²) in [5.74, 6) is -0.385. The van der Waals surface area contributed by atoms with Crippen molar-refractivity contribution in [1.82, 2.24) is 0 Å². The van der Waals surface area contributed by atoms with Crippen molar-refractivity contribution in [2.45, 2.75) is 32.0 Å². The molecule has 3 aromatic carbocycles. The van der Waals surface area contributed by atoms with E-state index in [4.69, 9.17) is 37.9 Å². The average Bonchev–Trinajstić information content (AvgIpc) is 3.06. The molecule has 0 aromatic heterocycles. The van der Waals surface area contributed by atoms with Crippen LogP contribution in [0.4, 0.5) is 0 Å². The maximum atomic E-state index is 11.5. The van der Waals surface area contributed by atoms with Crippen LogP contribution in [-0.4, -0.2) is 97.5 Å². The zero-order valence-corrected chi connectivity index (χ0v) is 27.5. The molecule has 3 rings (SSSR count). The lowest BCUT2D eigenvalue weighted by Crippen LogP contribution is -2.34. The van der Waals surface area contributed by atoms with Gasteiger partial charge in [0.1, 0.15) is 17.8 Å². The lowest BCUT2D eigenvalue weighted by Gasteiger charge is -2.36. The van der Waals surface area contributed by atoms with E-state index in [1.807, 2.05) is 75.4 Å². The van der Waals surface area contributed by atoms with Crippen LogP contribution in [0.1, 0.15) is 37.5 Å². The molecule has 0 fully saturated rings. The molecule has 0 atom stereocenters. The van der Waals surface area contributed by atoms with Crippen molar-refractivity contribution in [2.75, 3.05) is 85.9 Å². The highest BCUT2D eigenvalue weighted by Crippen LogP contribution is 2.40. The summed E-state index contributed by atoms with van der Waals surface area (Å²) in [5.41, 5.74) is 1.92. The number of hydrogen-bond donors (Lipinski definition) is 0. The fourth-order valence-electron chi connectivity index (χ4n) is 4.65. The van der Waals surface area contributed by atoms with Crippen LogP contribution in [0.3, 0.4) is 0 Å². The van der Waals surface area contributed by atoms with Crippen LogP contribution in [0.15, 0.2) is 91.0 Å². The molecule has 0 aliphatic heterocycles. The van der Waals surface area contributed by atoms with E-state index < -0.39 is 11.2 Å². The number of esters is 1. The van der Waals surface area contributed by atoms with Gasteiger partial charge >= 0.3 is 5.97 Å². The summed E-state index contributed by atoms with van der Waals surface area (Å²) < 4.78 is 45.0. The molecule has 3 aromatic rings. The first-order valence-electron chi connectivity index (χ1n) is 15.9. The third-order valence-electron chi connectivity index (χ3n) is 6.59. The van der Waals surface area contributed by atoms with Crippen molar-refractivity contribution in [1.29, 1.82) is 0 Å². The quantitative estimate of drug-likeness (QED) is 0.0723. The highest BCUT2D eigenvalue weighted by molar-refractivity contribution is 5.71. The van der Waals surface area contributed by atoms with Gasteiger partial charge in [0.05, 0.1) is 79.3 Å². The van der Waals surface area contributed by atoms with Gasteiger partial charge in [-0.3, -0.25) is 0 Å². The van der Waals surface area contributed by atoms with E-state index in [1.165, 1.54) is 0 Å². The Hall–Kier alpha value is -3.15. The van der Waals surface area contributed by atoms with E-state index in [0.29, 0.717) is 79.3 Å². The van der Waals surface area contributed by atoms with E-state index in [2.05, 4.69) is 36.4 Å². The number of carbonyl (C=O) groups is 1. The Morgan fingerprint density at radius 3 is 1.09 bits per heavy atom. The minimum atomic E-state index is -0.753. The molecule has 0 bridgehead atoms. The molecule has 0 N–H and O–H groups in total. The van der Waals surface area contributed by atoms with Gasteiger partial charge in [0.2, 0.25) is 0 Å². The van der Waals surface area contributed by atoms with Gasteiger partial charge in [0, 0.05) is 0 Å². The van der Waals surface area contributed by atoms with Crippen molar-refractivity contribution in [3.63, 3.8) is 0 Å². The summed E-state index contributed by atoms with van der Waals surface area (Å²) >= 11 is 0. The molecule has 252 valence electrons. The molecule has 0 aliphatic rings. The molecule has 0 heterocycles. The van der Waals surface area contributed by atoms with E-state index in [0.717, 1.165) is 16.7 Å². The van der Waals surface area contributed by atoms with Crippen molar-refractivity contribution in [3.05, 3.63) is 108 Å². The van der Waals surface area contributed by atoms with Crippen molar-refractivity contribution >= 4 is 5.97 Å². The number of carbonyl (C=O) groups excluding carboxylic acids is 1. The number of benzene rings is 3. The minimum Gasteiger partial charge on any atom is -0.458 e. The fourth-order valence-corrected chi connectivity index (χ4v) is 4.65. The number of rotatable bonds is 24. The third kappa shape index (κ3) is 14.1. The Morgan fingerprint density at radius 2 is 0.761 bits per heavy atom. The second-order valence-electron chi connectivity index (χ2n) is 11.3. The standard InChI is InChI=1S/C37H50O9/c1-36(2,3)46-35(38)31-44-28-27-42-24-23-40-20-19-39-21-22-41-25-26-43-29-30-45-37(32-13-7-4-8-14-32,33-15-9-5-10-16-33)34-17-11-6-12-18-34/h4-18H,19-31H2,1-3H3. The van der Waals surface area contributed by atoms with Crippen molar-refractivity contribution < 1.29 is 42.7 Å². The predicted molar refractivity (Wildman–Crippen MR) is 176 cm³/mol. The molecule has 0 radical (unpaired) electrons. The highest BCUT2D eigenvalue weighted by atomic mass is 16.6. The van der Waals surface area contributed by atoms with Crippen molar-refractivity contribution in [2.24, 2.45) is 0 Å². The maximum Gasteiger partial charge on any atom is 0.332 e. The summed E-state index contributed by atoms with van der Waals surface area (Å²) in [7, 11) is 0.